The van der Waals surface area contributed by atoms with E-state index in [1.54, 1.807) is 6.20 Å². The lowest BCUT2D eigenvalue weighted by Gasteiger charge is -2.31. The van der Waals surface area contributed by atoms with Crippen molar-refractivity contribution in [2.45, 2.75) is 64.5 Å². The van der Waals surface area contributed by atoms with Gasteiger partial charge in [0, 0.05) is 18.9 Å². The Bertz CT molecular complexity index is 587. The summed E-state index contributed by atoms with van der Waals surface area (Å²) in [6, 6.07) is 0.251. The monoisotopic (exact) mass is 337 g/mol. The van der Waals surface area contributed by atoms with Crippen molar-refractivity contribution < 1.29 is 19.4 Å². The van der Waals surface area contributed by atoms with E-state index in [1.807, 2.05) is 25.5 Å². The molecule has 24 heavy (non-hydrogen) atoms. The van der Waals surface area contributed by atoms with Crippen LogP contribution in [0.4, 0.5) is 0 Å². The number of hydrogen-bond donors (Lipinski definition) is 2. The zero-order chi connectivity index (χ0) is 17.7. The molecule has 2 N–H and O–H groups in total. The predicted octanol–water partition coefficient (Wildman–Crippen LogP) is 2.31. The van der Waals surface area contributed by atoms with Crippen molar-refractivity contribution in [3.63, 3.8) is 0 Å². The largest absolute Gasteiger partial charge is 0.481 e. The summed E-state index contributed by atoms with van der Waals surface area (Å²) in [5.41, 5.74) is 0.602. The number of ether oxygens (including phenoxy) is 1. The maximum absolute atomic E-state index is 12.7. The molecule has 2 heterocycles. The number of nitrogens with one attached hydrogen (secondary N) is 1. The van der Waals surface area contributed by atoms with Gasteiger partial charge in [-0.2, -0.15) is 5.10 Å². The number of aromatic nitrogens is 2. The summed E-state index contributed by atoms with van der Waals surface area (Å²) in [4.78, 5) is 23.8. The van der Waals surface area contributed by atoms with Crippen molar-refractivity contribution in [3.05, 3.63) is 17.5 Å². The van der Waals surface area contributed by atoms with Gasteiger partial charge in [0.1, 0.15) is 0 Å². The standard InChI is InChI=1S/C17H27N3O4/c1-4-17(5-2,10-15(21)22)19-16(23)14-11-18-20(12(14)3)13-6-8-24-9-7-13/h11,13H,4-10H2,1-3H3,(H,19,23)(H,21,22). The van der Waals surface area contributed by atoms with Crippen LogP contribution in [0.1, 0.15) is 68.0 Å². The zero-order valence-electron chi connectivity index (χ0n) is 14.7. The highest BCUT2D eigenvalue weighted by Crippen LogP contribution is 2.25. The molecule has 0 aromatic carbocycles. The van der Waals surface area contributed by atoms with Crippen LogP contribution in [-0.4, -0.2) is 45.5 Å². The highest BCUT2D eigenvalue weighted by Gasteiger charge is 2.32. The molecule has 0 saturated carbocycles. The molecule has 7 nitrogen and oxygen atoms in total. The number of amides is 1. The third-order valence-electron chi connectivity index (χ3n) is 5.05. The summed E-state index contributed by atoms with van der Waals surface area (Å²) in [6.07, 6.45) is 4.39. The minimum Gasteiger partial charge on any atom is -0.481 e. The summed E-state index contributed by atoms with van der Waals surface area (Å²) >= 11 is 0. The summed E-state index contributed by atoms with van der Waals surface area (Å²) < 4.78 is 7.27. The topological polar surface area (TPSA) is 93.5 Å². The van der Waals surface area contributed by atoms with Crippen molar-refractivity contribution in [3.8, 4) is 0 Å². The van der Waals surface area contributed by atoms with E-state index in [2.05, 4.69) is 10.4 Å². The third-order valence-corrected chi connectivity index (χ3v) is 5.05. The molecule has 1 aliphatic heterocycles. The number of nitrogens with zero attached hydrogens (tertiary/aromatic N) is 2. The van der Waals surface area contributed by atoms with Gasteiger partial charge in [-0.05, 0) is 32.6 Å². The van der Waals surface area contributed by atoms with E-state index < -0.39 is 11.5 Å². The Morgan fingerprint density at radius 1 is 1.38 bits per heavy atom. The van der Waals surface area contributed by atoms with Gasteiger partial charge >= 0.3 is 5.97 Å². The average Bonchev–Trinajstić information content (AvgIpc) is 2.96. The second-order valence-corrected chi connectivity index (χ2v) is 6.44. The van der Waals surface area contributed by atoms with Crippen molar-refractivity contribution in [2.75, 3.05) is 13.2 Å². The second-order valence-electron chi connectivity index (χ2n) is 6.44. The second kappa shape index (κ2) is 7.79. The molecule has 0 atom stereocenters. The summed E-state index contributed by atoms with van der Waals surface area (Å²) in [5.74, 6) is -1.16. The first-order valence-electron chi connectivity index (χ1n) is 8.58. The molecule has 0 radical (unpaired) electrons. The Kier molecular flexibility index (Phi) is 5.99. The fraction of sp³-hybridized carbons (Fsp3) is 0.706. The van der Waals surface area contributed by atoms with Gasteiger partial charge in [-0.1, -0.05) is 13.8 Å². The fourth-order valence-electron chi connectivity index (χ4n) is 3.26. The maximum Gasteiger partial charge on any atom is 0.305 e. The molecule has 0 bridgehead atoms. The molecule has 1 aromatic heterocycles. The van der Waals surface area contributed by atoms with Crippen LogP contribution in [0.15, 0.2) is 6.20 Å². The van der Waals surface area contributed by atoms with E-state index in [9.17, 15) is 9.59 Å². The molecule has 7 heteroatoms. The van der Waals surface area contributed by atoms with Crippen LogP contribution < -0.4 is 5.32 Å². The van der Waals surface area contributed by atoms with E-state index in [4.69, 9.17) is 9.84 Å². The van der Waals surface area contributed by atoms with Crippen LogP contribution in [0, 0.1) is 6.92 Å². The van der Waals surface area contributed by atoms with E-state index in [1.165, 1.54) is 0 Å². The number of carbonyl (C=O) groups excluding carboxylic acids is 1. The van der Waals surface area contributed by atoms with Gasteiger partial charge in [-0.15, -0.1) is 0 Å². The predicted molar refractivity (Wildman–Crippen MR) is 89.1 cm³/mol. The smallest absolute Gasteiger partial charge is 0.305 e. The summed E-state index contributed by atoms with van der Waals surface area (Å²) in [6.45, 7) is 7.09. The first-order valence-corrected chi connectivity index (χ1v) is 8.58. The minimum atomic E-state index is -0.909. The van der Waals surface area contributed by atoms with Crippen molar-refractivity contribution in [1.82, 2.24) is 15.1 Å². The molecule has 0 unspecified atom stereocenters. The highest BCUT2D eigenvalue weighted by molar-refractivity contribution is 5.95. The normalized spacial score (nSPS) is 16.1. The number of carbonyl (C=O) groups is 2. The molecule has 134 valence electrons. The Morgan fingerprint density at radius 3 is 2.54 bits per heavy atom. The summed E-state index contributed by atoms with van der Waals surface area (Å²) in [7, 11) is 0. The lowest BCUT2D eigenvalue weighted by atomic mass is 9.88. The molecule has 1 amide bonds. The van der Waals surface area contributed by atoms with Crippen LogP contribution in [0.5, 0.6) is 0 Å². The number of aliphatic carboxylic acids is 1. The third kappa shape index (κ3) is 3.95. The van der Waals surface area contributed by atoms with Gasteiger partial charge in [0.15, 0.2) is 0 Å². The average molecular weight is 337 g/mol. The Morgan fingerprint density at radius 2 is 2.00 bits per heavy atom. The van der Waals surface area contributed by atoms with Crippen LogP contribution in [0.3, 0.4) is 0 Å². The number of carboxylic acids is 1. The molecular weight excluding hydrogens is 310 g/mol. The lowest BCUT2D eigenvalue weighted by Crippen LogP contribution is -2.49. The van der Waals surface area contributed by atoms with Gasteiger partial charge in [0.05, 0.1) is 29.8 Å². The van der Waals surface area contributed by atoms with Gasteiger partial charge in [0.2, 0.25) is 0 Å². The summed E-state index contributed by atoms with van der Waals surface area (Å²) in [5, 5.41) is 16.5. The van der Waals surface area contributed by atoms with Crippen molar-refractivity contribution >= 4 is 11.9 Å². The highest BCUT2D eigenvalue weighted by atomic mass is 16.5. The van der Waals surface area contributed by atoms with Crippen LogP contribution in [0.2, 0.25) is 0 Å². The molecule has 2 rings (SSSR count). The van der Waals surface area contributed by atoms with Crippen molar-refractivity contribution in [1.29, 1.82) is 0 Å². The van der Waals surface area contributed by atoms with Crippen molar-refractivity contribution in [2.24, 2.45) is 0 Å². The molecule has 0 aliphatic carbocycles. The minimum absolute atomic E-state index is 0.0844. The number of hydrogen-bond acceptors (Lipinski definition) is 4. The van der Waals surface area contributed by atoms with Gasteiger partial charge in [0.25, 0.3) is 5.91 Å². The van der Waals surface area contributed by atoms with Crippen LogP contribution >= 0.6 is 0 Å². The molecule has 0 spiro atoms. The van der Waals surface area contributed by atoms with Gasteiger partial charge < -0.3 is 15.2 Å². The molecule has 1 aliphatic rings. The first kappa shape index (κ1) is 18.4. The maximum atomic E-state index is 12.7. The number of rotatable bonds is 7. The SMILES string of the molecule is CCC(CC)(CC(=O)O)NC(=O)c1cnn(C2CCOCC2)c1C. The molecular formula is C17H27N3O4. The number of carboxylic acid groups (broad SMARTS) is 1. The van der Waals surface area contributed by atoms with E-state index >= 15 is 0 Å². The van der Waals surface area contributed by atoms with E-state index in [0.29, 0.717) is 31.6 Å². The van der Waals surface area contributed by atoms with E-state index in [0.717, 1.165) is 18.5 Å². The van der Waals surface area contributed by atoms with Crippen LogP contribution in [-0.2, 0) is 9.53 Å². The first-order chi connectivity index (χ1) is 11.4. The quantitative estimate of drug-likeness (QED) is 0.796. The Balaban J connectivity index is 2.17. The Labute approximate surface area is 142 Å². The van der Waals surface area contributed by atoms with Gasteiger partial charge in [-0.25, -0.2) is 0 Å². The molecule has 1 aromatic rings. The zero-order valence-corrected chi connectivity index (χ0v) is 14.7. The van der Waals surface area contributed by atoms with Gasteiger partial charge in [-0.3, -0.25) is 14.3 Å². The fourth-order valence-corrected chi connectivity index (χ4v) is 3.26. The van der Waals surface area contributed by atoms with Crippen LogP contribution in [0.25, 0.3) is 0 Å². The Hall–Kier alpha value is -1.89. The molecule has 1 saturated heterocycles. The lowest BCUT2D eigenvalue weighted by molar-refractivity contribution is -0.138. The molecule has 1 fully saturated rings. The van der Waals surface area contributed by atoms with E-state index in [-0.39, 0.29) is 18.4 Å².